The van der Waals surface area contributed by atoms with Crippen molar-refractivity contribution < 1.29 is 13.2 Å². The number of aliphatic imine (C=N–C) groups is 1. The highest BCUT2D eigenvalue weighted by Gasteiger charge is 2.06. The molecule has 2 aromatic rings. The van der Waals surface area contributed by atoms with Crippen molar-refractivity contribution in [1.29, 1.82) is 0 Å². The van der Waals surface area contributed by atoms with Crippen LogP contribution in [0.5, 0.6) is 5.75 Å². The number of nitrogens with zero attached hydrogens (tertiary/aromatic N) is 1. The second-order valence-corrected chi connectivity index (χ2v) is 8.34. The van der Waals surface area contributed by atoms with Gasteiger partial charge in [0.1, 0.15) is 12.4 Å². The molecular formula is C17H24IN3O3S2. The highest BCUT2D eigenvalue weighted by atomic mass is 127. The number of rotatable bonds is 8. The Morgan fingerprint density at radius 3 is 2.50 bits per heavy atom. The van der Waals surface area contributed by atoms with Gasteiger partial charge in [0.2, 0.25) is 0 Å². The smallest absolute Gasteiger partial charge is 0.191 e. The molecular weight excluding hydrogens is 485 g/mol. The molecule has 0 aliphatic carbocycles. The van der Waals surface area contributed by atoms with Gasteiger partial charge < -0.3 is 15.4 Å². The lowest BCUT2D eigenvalue weighted by Gasteiger charge is -2.12. The number of sulfone groups is 1. The van der Waals surface area contributed by atoms with Crippen LogP contribution in [0.1, 0.15) is 11.8 Å². The van der Waals surface area contributed by atoms with Gasteiger partial charge in [-0.3, -0.25) is 0 Å². The van der Waals surface area contributed by atoms with Gasteiger partial charge in [-0.05, 0) is 42.6 Å². The van der Waals surface area contributed by atoms with Crippen LogP contribution in [0, 0.1) is 0 Å². The molecule has 2 rings (SSSR count). The molecule has 0 fully saturated rings. The van der Waals surface area contributed by atoms with Gasteiger partial charge in [-0.1, -0.05) is 6.07 Å². The van der Waals surface area contributed by atoms with E-state index < -0.39 is 9.84 Å². The zero-order valence-corrected chi connectivity index (χ0v) is 18.7. The Labute approximate surface area is 176 Å². The molecule has 6 nitrogen and oxygen atoms in total. The van der Waals surface area contributed by atoms with Gasteiger partial charge >= 0.3 is 0 Å². The average molecular weight is 509 g/mol. The summed E-state index contributed by atoms with van der Waals surface area (Å²) in [5.74, 6) is 1.38. The predicted octanol–water partition coefficient (Wildman–Crippen LogP) is 2.90. The minimum absolute atomic E-state index is 0. The van der Waals surface area contributed by atoms with Crippen LogP contribution < -0.4 is 15.4 Å². The number of guanidine groups is 1. The number of hydrogen-bond donors (Lipinski definition) is 2. The van der Waals surface area contributed by atoms with E-state index in [2.05, 4.69) is 21.7 Å². The molecule has 0 amide bonds. The summed E-state index contributed by atoms with van der Waals surface area (Å²) in [6.07, 6.45) is 1.19. The van der Waals surface area contributed by atoms with E-state index in [-0.39, 0.29) is 28.9 Å². The Morgan fingerprint density at radius 2 is 1.92 bits per heavy atom. The highest BCUT2D eigenvalue weighted by Crippen LogP contribution is 2.15. The molecule has 0 aliphatic heterocycles. The van der Waals surface area contributed by atoms with Crippen LogP contribution in [-0.2, 0) is 16.4 Å². The molecule has 1 aromatic carbocycles. The maximum Gasteiger partial charge on any atom is 0.191 e. The van der Waals surface area contributed by atoms with E-state index in [9.17, 15) is 8.42 Å². The Morgan fingerprint density at radius 1 is 1.19 bits per heavy atom. The summed E-state index contributed by atoms with van der Waals surface area (Å²) >= 11 is 1.68. The quantitative estimate of drug-likeness (QED) is 0.248. The summed E-state index contributed by atoms with van der Waals surface area (Å²) in [7, 11) is -3.18. The molecule has 0 radical (unpaired) electrons. The fourth-order valence-corrected chi connectivity index (χ4v) is 3.28. The van der Waals surface area contributed by atoms with Crippen molar-refractivity contribution in [2.75, 3.05) is 26.0 Å². The van der Waals surface area contributed by atoms with Crippen LogP contribution in [0.3, 0.4) is 0 Å². The standard InChI is InChI=1S/C17H23N3O3S2.HI/c1-3-18-17(20-13-15-5-4-12-24-15)19-10-11-23-14-6-8-16(9-7-14)25(2,21)22;/h4-9,12H,3,10-11,13H2,1-2H3,(H2,18,19,20);1H. The fraction of sp³-hybridized carbons (Fsp3) is 0.353. The summed E-state index contributed by atoms with van der Waals surface area (Å²) in [5, 5.41) is 8.44. The SMILES string of the molecule is CCNC(=NCc1cccs1)NCCOc1ccc(S(C)(=O)=O)cc1.I. The van der Waals surface area contributed by atoms with Gasteiger partial charge in [-0.2, -0.15) is 0 Å². The van der Waals surface area contributed by atoms with Crippen LogP contribution >= 0.6 is 35.3 Å². The zero-order valence-electron chi connectivity index (χ0n) is 14.8. The molecule has 1 aromatic heterocycles. The number of thiophene rings is 1. The minimum Gasteiger partial charge on any atom is -0.492 e. The Balaban J connectivity index is 0.00000338. The molecule has 0 saturated carbocycles. The van der Waals surface area contributed by atoms with E-state index >= 15 is 0 Å². The molecule has 0 aliphatic rings. The monoisotopic (exact) mass is 509 g/mol. The molecule has 0 atom stereocenters. The van der Waals surface area contributed by atoms with E-state index in [4.69, 9.17) is 4.74 Å². The van der Waals surface area contributed by atoms with Gasteiger partial charge in [0.05, 0.1) is 18.0 Å². The molecule has 0 spiro atoms. The third kappa shape index (κ3) is 7.92. The maximum absolute atomic E-state index is 11.4. The molecule has 144 valence electrons. The number of benzene rings is 1. The van der Waals surface area contributed by atoms with Crippen molar-refractivity contribution >= 4 is 51.1 Å². The first-order chi connectivity index (χ1) is 12.0. The summed E-state index contributed by atoms with van der Waals surface area (Å²) in [5.41, 5.74) is 0. The first kappa shape index (κ1) is 22.7. The molecule has 1 heterocycles. The highest BCUT2D eigenvalue weighted by molar-refractivity contribution is 14.0. The van der Waals surface area contributed by atoms with Gasteiger partial charge in [-0.15, -0.1) is 35.3 Å². The normalized spacial score (nSPS) is 11.5. The number of ether oxygens (including phenoxy) is 1. The molecule has 0 bridgehead atoms. The van der Waals surface area contributed by atoms with E-state index in [1.807, 2.05) is 18.4 Å². The topological polar surface area (TPSA) is 79.8 Å². The van der Waals surface area contributed by atoms with Gasteiger partial charge in [0.15, 0.2) is 15.8 Å². The third-order valence-electron chi connectivity index (χ3n) is 3.23. The van der Waals surface area contributed by atoms with E-state index in [0.717, 1.165) is 12.5 Å². The zero-order chi connectivity index (χ0) is 18.1. The van der Waals surface area contributed by atoms with Crippen molar-refractivity contribution in [3.8, 4) is 5.75 Å². The van der Waals surface area contributed by atoms with Crippen LogP contribution in [0.25, 0.3) is 0 Å². The summed E-state index contributed by atoms with van der Waals surface area (Å²) in [6.45, 7) is 4.47. The second kappa shape index (κ2) is 11.4. The summed E-state index contributed by atoms with van der Waals surface area (Å²) in [4.78, 5) is 6.01. The maximum atomic E-state index is 11.4. The Kier molecular flexibility index (Phi) is 9.96. The van der Waals surface area contributed by atoms with Crippen LogP contribution in [-0.4, -0.2) is 40.3 Å². The Bertz CT molecular complexity index is 776. The average Bonchev–Trinajstić information content (AvgIpc) is 3.09. The van der Waals surface area contributed by atoms with Gasteiger partial charge in [-0.25, -0.2) is 13.4 Å². The third-order valence-corrected chi connectivity index (χ3v) is 5.22. The fourth-order valence-electron chi connectivity index (χ4n) is 2.02. The number of nitrogens with one attached hydrogen (secondary N) is 2. The molecule has 0 unspecified atom stereocenters. The van der Waals surface area contributed by atoms with E-state index in [0.29, 0.717) is 25.4 Å². The summed E-state index contributed by atoms with van der Waals surface area (Å²) < 4.78 is 28.4. The van der Waals surface area contributed by atoms with Crippen LogP contribution in [0.4, 0.5) is 0 Å². The Hall–Kier alpha value is -1.33. The lowest BCUT2D eigenvalue weighted by atomic mass is 10.3. The first-order valence-corrected chi connectivity index (χ1v) is 10.7. The van der Waals surface area contributed by atoms with E-state index in [1.165, 1.54) is 11.1 Å². The lowest BCUT2D eigenvalue weighted by molar-refractivity contribution is 0.321. The minimum atomic E-state index is -3.18. The van der Waals surface area contributed by atoms with Crippen LogP contribution in [0.2, 0.25) is 0 Å². The number of hydrogen-bond acceptors (Lipinski definition) is 5. The number of halogens is 1. The predicted molar refractivity (Wildman–Crippen MR) is 118 cm³/mol. The van der Waals surface area contributed by atoms with Crippen molar-refractivity contribution in [2.24, 2.45) is 4.99 Å². The van der Waals surface area contributed by atoms with Crippen LogP contribution in [0.15, 0.2) is 51.7 Å². The first-order valence-electron chi connectivity index (χ1n) is 7.96. The van der Waals surface area contributed by atoms with Crippen molar-refractivity contribution in [1.82, 2.24) is 10.6 Å². The van der Waals surface area contributed by atoms with Gasteiger partial charge in [0, 0.05) is 17.7 Å². The van der Waals surface area contributed by atoms with Crippen molar-refractivity contribution in [2.45, 2.75) is 18.4 Å². The largest absolute Gasteiger partial charge is 0.492 e. The van der Waals surface area contributed by atoms with E-state index in [1.54, 1.807) is 35.6 Å². The van der Waals surface area contributed by atoms with Gasteiger partial charge in [0.25, 0.3) is 0 Å². The van der Waals surface area contributed by atoms with Crippen molar-refractivity contribution in [3.63, 3.8) is 0 Å². The molecule has 9 heteroatoms. The lowest BCUT2D eigenvalue weighted by Crippen LogP contribution is -2.39. The molecule has 2 N–H and O–H groups in total. The summed E-state index contributed by atoms with van der Waals surface area (Å²) in [6, 6.07) is 10.5. The van der Waals surface area contributed by atoms with Crippen molar-refractivity contribution in [3.05, 3.63) is 46.7 Å². The molecule has 26 heavy (non-hydrogen) atoms. The molecule has 0 saturated heterocycles. The second-order valence-electron chi connectivity index (χ2n) is 5.29.